The second kappa shape index (κ2) is 6.83. The second-order valence-electron chi connectivity index (χ2n) is 4.36. The number of amidine groups is 1. The van der Waals surface area contributed by atoms with E-state index in [0.29, 0.717) is 23.1 Å². The van der Waals surface area contributed by atoms with Crippen LogP contribution in [0.15, 0.2) is 23.4 Å². The van der Waals surface area contributed by atoms with Crippen molar-refractivity contribution < 1.29 is 5.21 Å². The highest BCUT2D eigenvalue weighted by atomic mass is 35.5. The molecule has 4 nitrogen and oxygen atoms in total. The minimum Gasteiger partial charge on any atom is -0.409 e. The lowest BCUT2D eigenvalue weighted by atomic mass is 10.1. The van der Waals surface area contributed by atoms with Crippen LogP contribution in [0.3, 0.4) is 0 Å². The van der Waals surface area contributed by atoms with E-state index < -0.39 is 0 Å². The lowest BCUT2D eigenvalue weighted by molar-refractivity contribution is 0.290. The summed E-state index contributed by atoms with van der Waals surface area (Å²) in [6, 6.07) is 5.38. The van der Waals surface area contributed by atoms with Crippen molar-refractivity contribution in [2.24, 2.45) is 16.8 Å². The van der Waals surface area contributed by atoms with Gasteiger partial charge >= 0.3 is 0 Å². The quantitative estimate of drug-likeness (QED) is 0.379. The maximum Gasteiger partial charge on any atom is 0.143 e. The molecule has 1 aromatic carbocycles. The molecule has 0 amide bonds. The first kappa shape index (κ1) is 15.1. The molecule has 0 aliphatic heterocycles. The number of benzene rings is 1. The van der Waals surface area contributed by atoms with Gasteiger partial charge in [0.25, 0.3) is 0 Å². The maximum absolute atomic E-state index is 8.59. The summed E-state index contributed by atoms with van der Waals surface area (Å²) in [5.74, 6) is 0.192. The standard InChI is InChI=1S/C12H17Cl2N3O/c1-8(12(15)16-18)6-17(2)7-9-5-10(13)3-4-11(9)14/h3-5,8,18H,6-7H2,1-2H3,(H2,15,16). The predicted molar refractivity (Wildman–Crippen MR) is 75.4 cm³/mol. The number of rotatable bonds is 5. The van der Waals surface area contributed by atoms with Crippen LogP contribution in [-0.4, -0.2) is 29.5 Å². The number of nitrogens with two attached hydrogens (primary N) is 1. The van der Waals surface area contributed by atoms with Crippen LogP contribution >= 0.6 is 23.2 Å². The lowest BCUT2D eigenvalue weighted by Gasteiger charge is -2.21. The van der Waals surface area contributed by atoms with Crippen LogP contribution in [-0.2, 0) is 6.54 Å². The van der Waals surface area contributed by atoms with Crippen LogP contribution in [0.2, 0.25) is 10.0 Å². The highest BCUT2D eigenvalue weighted by Crippen LogP contribution is 2.21. The third-order valence-electron chi connectivity index (χ3n) is 2.65. The first-order valence-corrected chi connectivity index (χ1v) is 6.29. The Bertz CT molecular complexity index is 437. The molecule has 1 rings (SSSR count). The molecule has 0 saturated carbocycles. The lowest BCUT2D eigenvalue weighted by Crippen LogP contribution is -2.32. The summed E-state index contributed by atoms with van der Waals surface area (Å²) in [4.78, 5) is 2.04. The third kappa shape index (κ3) is 4.37. The summed E-state index contributed by atoms with van der Waals surface area (Å²) in [5.41, 5.74) is 6.50. The number of hydrogen-bond acceptors (Lipinski definition) is 3. The molecule has 0 heterocycles. The van der Waals surface area contributed by atoms with Gasteiger partial charge in [-0.3, -0.25) is 0 Å². The van der Waals surface area contributed by atoms with E-state index in [1.165, 1.54) is 0 Å². The predicted octanol–water partition coefficient (Wildman–Crippen LogP) is 2.81. The topological polar surface area (TPSA) is 61.8 Å². The Balaban J connectivity index is 2.64. The molecule has 1 aromatic rings. The molecule has 0 aliphatic carbocycles. The molecule has 1 unspecified atom stereocenters. The minimum absolute atomic E-state index is 0.0297. The SMILES string of the molecule is CC(CN(C)Cc1cc(Cl)ccc1Cl)C(N)=NO. The summed E-state index contributed by atoms with van der Waals surface area (Å²) >= 11 is 12.0. The Kier molecular flexibility index (Phi) is 5.72. The number of oxime groups is 1. The Morgan fingerprint density at radius 2 is 2.17 bits per heavy atom. The molecule has 0 aliphatic rings. The van der Waals surface area contributed by atoms with Crippen molar-refractivity contribution >= 4 is 29.0 Å². The first-order chi connectivity index (χ1) is 8.43. The highest BCUT2D eigenvalue weighted by molar-refractivity contribution is 6.33. The molecule has 0 radical (unpaired) electrons. The number of nitrogens with zero attached hydrogens (tertiary/aromatic N) is 2. The van der Waals surface area contributed by atoms with E-state index in [4.69, 9.17) is 34.1 Å². The van der Waals surface area contributed by atoms with E-state index in [1.54, 1.807) is 12.1 Å². The van der Waals surface area contributed by atoms with Gasteiger partial charge in [0.05, 0.1) is 0 Å². The highest BCUT2D eigenvalue weighted by Gasteiger charge is 2.12. The Labute approximate surface area is 117 Å². The van der Waals surface area contributed by atoms with Gasteiger partial charge in [0.15, 0.2) is 0 Å². The van der Waals surface area contributed by atoms with Gasteiger partial charge in [-0.05, 0) is 30.8 Å². The van der Waals surface area contributed by atoms with Crippen molar-refractivity contribution in [3.8, 4) is 0 Å². The van der Waals surface area contributed by atoms with Gasteiger partial charge in [0, 0.05) is 29.1 Å². The second-order valence-corrected chi connectivity index (χ2v) is 5.20. The number of hydrogen-bond donors (Lipinski definition) is 2. The van der Waals surface area contributed by atoms with E-state index in [0.717, 1.165) is 5.56 Å². The van der Waals surface area contributed by atoms with Gasteiger partial charge in [-0.2, -0.15) is 0 Å². The smallest absolute Gasteiger partial charge is 0.143 e. The normalized spacial score (nSPS) is 13.9. The third-order valence-corrected chi connectivity index (χ3v) is 3.26. The molecule has 0 fully saturated rings. The van der Waals surface area contributed by atoms with Crippen LogP contribution < -0.4 is 5.73 Å². The Hall–Kier alpha value is -0.970. The molecule has 6 heteroatoms. The molecular formula is C12H17Cl2N3O. The minimum atomic E-state index is -0.0297. The van der Waals surface area contributed by atoms with E-state index >= 15 is 0 Å². The van der Waals surface area contributed by atoms with Gasteiger partial charge < -0.3 is 15.8 Å². The van der Waals surface area contributed by atoms with E-state index in [1.807, 2.05) is 24.9 Å². The molecule has 0 spiro atoms. The Morgan fingerprint density at radius 1 is 1.50 bits per heavy atom. The van der Waals surface area contributed by atoms with Crippen molar-refractivity contribution in [2.45, 2.75) is 13.5 Å². The zero-order valence-corrected chi connectivity index (χ0v) is 11.9. The molecule has 0 aromatic heterocycles. The van der Waals surface area contributed by atoms with E-state index in [9.17, 15) is 0 Å². The van der Waals surface area contributed by atoms with Crippen LogP contribution in [0.4, 0.5) is 0 Å². The molecule has 3 N–H and O–H groups in total. The Morgan fingerprint density at radius 3 is 2.78 bits per heavy atom. The van der Waals surface area contributed by atoms with Crippen LogP contribution in [0.25, 0.3) is 0 Å². The summed E-state index contributed by atoms with van der Waals surface area (Å²) in [6.45, 7) is 3.21. The summed E-state index contributed by atoms with van der Waals surface area (Å²) in [7, 11) is 1.94. The summed E-state index contributed by atoms with van der Waals surface area (Å²) in [6.07, 6.45) is 0. The van der Waals surface area contributed by atoms with Crippen LogP contribution in [0.5, 0.6) is 0 Å². The average molecular weight is 290 g/mol. The van der Waals surface area contributed by atoms with Crippen molar-refractivity contribution in [1.29, 1.82) is 0 Å². The molecule has 18 heavy (non-hydrogen) atoms. The summed E-state index contributed by atoms with van der Waals surface area (Å²) < 4.78 is 0. The van der Waals surface area contributed by atoms with Gasteiger partial charge in [0.2, 0.25) is 0 Å². The fourth-order valence-corrected chi connectivity index (χ4v) is 2.05. The van der Waals surface area contributed by atoms with Crippen molar-refractivity contribution in [3.63, 3.8) is 0 Å². The molecular weight excluding hydrogens is 273 g/mol. The summed E-state index contributed by atoms with van der Waals surface area (Å²) in [5, 5.41) is 12.9. The van der Waals surface area contributed by atoms with Gasteiger partial charge in [-0.25, -0.2) is 0 Å². The van der Waals surface area contributed by atoms with Crippen molar-refractivity contribution in [3.05, 3.63) is 33.8 Å². The van der Waals surface area contributed by atoms with Crippen LogP contribution in [0.1, 0.15) is 12.5 Å². The fourth-order valence-electron chi connectivity index (χ4n) is 1.68. The van der Waals surface area contributed by atoms with E-state index in [-0.39, 0.29) is 11.8 Å². The van der Waals surface area contributed by atoms with Crippen molar-refractivity contribution in [1.82, 2.24) is 4.90 Å². The maximum atomic E-state index is 8.59. The zero-order chi connectivity index (χ0) is 13.7. The number of halogens is 2. The fraction of sp³-hybridized carbons (Fsp3) is 0.417. The molecule has 0 saturated heterocycles. The molecule has 1 atom stereocenters. The first-order valence-electron chi connectivity index (χ1n) is 5.54. The van der Waals surface area contributed by atoms with Gasteiger partial charge in [0.1, 0.15) is 5.84 Å². The van der Waals surface area contributed by atoms with E-state index in [2.05, 4.69) is 5.16 Å². The van der Waals surface area contributed by atoms with Crippen molar-refractivity contribution in [2.75, 3.05) is 13.6 Å². The van der Waals surface area contributed by atoms with Gasteiger partial charge in [-0.1, -0.05) is 35.3 Å². The molecule has 100 valence electrons. The van der Waals surface area contributed by atoms with Crippen LogP contribution in [0, 0.1) is 5.92 Å². The monoisotopic (exact) mass is 289 g/mol. The zero-order valence-electron chi connectivity index (χ0n) is 10.4. The largest absolute Gasteiger partial charge is 0.409 e. The molecule has 0 bridgehead atoms. The average Bonchev–Trinajstić information content (AvgIpc) is 2.32. The van der Waals surface area contributed by atoms with Gasteiger partial charge in [-0.15, -0.1) is 0 Å².